The van der Waals surface area contributed by atoms with Crippen molar-refractivity contribution in [2.45, 2.75) is 199 Å². The van der Waals surface area contributed by atoms with Crippen LogP contribution in [0.4, 0.5) is 0 Å². The van der Waals surface area contributed by atoms with E-state index in [-0.39, 0.29) is 36.2 Å². The van der Waals surface area contributed by atoms with Crippen molar-refractivity contribution in [3.8, 4) is 0 Å². The smallest absolute Gasteiger partial charge is 0.362 e. The summed E-state index contributed by atoms with van der Waals surface area (Å²) in [6, 6.07) is -0.620. The highest BCUT2D eigenvalue weighted by Gasteiger charge is 2.31. The minimum Gasteiger partial charge on any atom is -0.477 e. The fourth-order valence-corrected chi connectivity index (χ4v) is 6.55. The van der Waals surface area contributed by atoms with Gasteiger partial charge in [-0.2, -0.15) is 0 Å². The summed E-state index contributed by atoms with van der Waals surface area (Å²) in [6.07, 6.45) is 49.9. The number of hydrogen-bond donors (Lipinski definition) is 1. The zero-order valence-electron chi connectivity index (χ0n) is 38.0. The van der Waals surface area contributed by atoms with Crippen LogP contribution in [0, 0.1) is 0 Å². The fourth-order valence-electron chi connectivity index (χ4n) is 6.55. The molecule has 0 radical (unpaired) electrons. The maximum Gasteiger partial charge on any atom is 0.362 e. The lowest BCUT2D eigenvalue weighted by molar-refractivity contribution is -0.887. The van der Waals surface area contributed by atoms with E-state index in [4.69, 9.17) is 14.2 Å². The van der Waals surface area contributed by atoms with E-state index in [0.717, 1.165) is 70.6 Å². The first kappa shape index (κ1) is 55.0. The number of nitrogens with zero attached hydrogens (tertiary/aromatic N) is 1. The topological polar surface area (TPSA) is 99.1 Å². The molecular formula is C50H88NO7+. The van der Waals surface area contributed by atoms with Crippen LogP contribution in [0.25, 0.3) is 0 Å². The number of likely N-dealkylation sites (N-methyl/N-ethyl adjacent to an activating group) is 1. The van der Waals surface area contributed by atoms with Crippen molar-refractivity contribution in [2.75, 3.05) is 41.0 Å². The lowest BCUT2D eigenvalue weighted by Gasteiger charge is -2.31. The second-order valence-electron chi connectivity index (χ2n) is 16.7. The second-order valence-corrected chi connectivity index (χ2v) is 16.7. The molecule has 0 aromatic heterocycles. The van der Waals surface area contributed by atoms with Crippen LogP contribution < -0.4 is 0 Å². The van der Waals surface area contributed by atoms with Gasteiger partial charge in [-0.3, -0.25) is 9.59 Å². The molecule has 0 saturated carbocycles. The van der Waals surface area contributed by atoms with Crippen molar-refractivity contribution in [3.63, 3.8) is 0 Å². The number of carbonyl (C=O) groups is 3. The molecule has 8 nitrogen and oxygen atoms in total. The number of hydrogen-bond acceptors (Lipinski definition) is 6. The lowest BCUT2D eigenvalue weighted by Crippen LogP contribution is -2.50. The molecule has 0 spiro atoms. The summed E-state index contributed by atoms with van der Waals surface area (Å²) in [6.45, 7) is 4.54. The van der Waals surface area contributed by atoms with Crippen molar-refractivity contribution >= 4 is 17.9 Å². The molecule has 0 fully saturated rings. The van der Waals surface area contributed by atoms with Crippen LogP contribution >= 0.6 is 0 Å². The van der Waals surface area contributed by atoms with Crippen LogP contribution in [0.3, 0.4) is 0 Å². The third-order valence-electron chi connectivity index (χ3n) is 10.2. The summed E-state index contributed by atoms with van der Waals surface area (Å²) < 4.78 is 17.2. The van der Waals surface area contributed by atoms with E-state index >= 15 is 0 Å². The van der Waals surface area contributed by atoms with E-state index in [1.54, 1.807) is 0 Å². The van der Waals surface area contributed by atoms with E-state index < -0.39 is 18.1 Å². The highest BCUT2D eigenvalue weighted by molar-refractivity contribution is 5.72. The molecule has 0 bridgehead atoms. The minimum absolute atomic E-state index is 0.0489. The summed E-state index contributed by atoms with van der Waals surface area (Å²) in [5.74, 6) is -1.51. The Morgan fingerprint density at radius 2 is 1.02 bits per heavy atom. The lowest BCUT2D eigenvalue weighted by atomic mass is 10.0. The molecule has 1 N–H and O–H groups in total. The van der Waals surface area contributed by atoms with Crippen LogP contribution in [0.15, 0.2) is 60.8 Å². The molecule has 0 aliphatic heterocycles. The average Bonchev–Trinajstić information content (AvgIpc) is 3.18. The second kappa shape index (κ2) is 40.8. The SMILES string of the molecule is CC/C=C/C/C=C/C/C=C/CCCCCCCCCCCCCCCC(=O)OCC(COCCC(C(=O)O)[N+](C)(C)C)OC(=O)CCCCC/C=C/C=C/CCCC. The van der Waals surface area contributed by atoms with Crippen LogP contribution in [-0.2, 0) is 28.6 Å². The number of aliphatic carboxylic acids is 1. The van der Waals surface area contributed by atoms with E-state index in [2.05, 4.69) is 74.6 Å². The Hall–Kier alpha value is -2.97. The highest BCUT2D eigenvalue weighted by Crippen LogP contribution is 2.15. The monoisotopic (exact) mass is 815 g/mol. The fraction of sp³-hybridized carbons (Fsp3) is 0.740. The van der Waals surface area contributed by atoms with Gasteiger partial charge in [0.25, 0.3) is 0 Å². The van der Waals surface area contributed by atoms with Gasteiger partial charge in [-0.05, 0) is 64.2 Å². The zero-order chi connectivity index (χ0) is 42.8. The third-order valence-corrected chi connectivity index (χ3v) is 10.2. The standard InChI is InChI=1S/C50H87NO7/c1-6-8-10-12-14-16-18-19-20-21-22-23-24-25-26-27-28-29-31-32-34-36-38-40-48(52)57-45-46(44-56-43-42-47(50(54)55)51(3,4)5)58-49(53)41-39-37-35-33-30-17-15-13-11-9-7-2/h8,10,13-17,19-20,30,46-47H,6-7,9,11-12,18,21-29,31-45H2,1-5H3/p+1/b10-8+,15-13+,16-14+,20-19+,30-17+. The van der Waals surface area contributed by atoms with E-state index in [0.29, 0.717) is 19.3 Å². The minimum atomic E-state index is -0.881. The molecule has 334 valence electrons. The van der Waals surface area contributed by atoms with Crippen molar-refractivity contribution in [2.24, 2.45) is 0 Å². The Morgan fingerprint density at radius 3 is 1.55 bits per heavy atom. The first-order valence-electron chi connectivity index (χ1n) is 23.3. The molecule has 2 unspecified atom stereocenters. The number of rotatable bonds is 41. The van der Waals surface area contributed by atoms with Gasteiger partial charge < -0.3 is 23.8 Å². The zero-order valence-corrected chi connectivity index (χ0v) is 38.0. The molecule has 0 aromatic carbocycles. The van der Waals surface area contributed by atoms with Crippen LogP contribution in [-0.4, -0.2) is 80.6 Å². The summed E-state index contributed by atoms with van der Waals surface area (Å²) in [5, 5.41) is 9.62. The summed E-state index contributed by atoms with van der Waals surface area (Å²) in [4.78, 5) is 37.0. The van der Waals surface area contributed by atoms with Crippen LogP contribution in [0.2, 0.25) is 0 Å². The predicted octanol–water partition coefficient (Wildman–Crippen LogP) is 13.0. The molecule has 0 aliphatic rings. The number of carboxylic acid groups (broad SMARTS) is 1. The maximum atomic E-state index is 12.7. The quantitative estimate of drug-likeness (QED) is 0.0216. The van der Waals surface area contributed by atoms with Gasteiger partial charge in [-0.25, -0.2) is 4.79 Å². The van der Waals surface area contributed by atoms with E-state index in [1.807, 2.05) is 21.1 Å². The summed E-state index contributed by atoms with van der Waals surface area (Å²) in [7, 11) is 5.51. The third kappa shape index (κ3) is 38.5. The Bertz CT molecular complexity index is 1130. The normalized spacial score (nSPS) is 13.5. The molecule has 8 heteroatoms. The number of carboxylic acids is 1. The van der Waals surface area contributed by atoms with E-state index in [9.17, 15) is 19.5 Å². The van der Waals surface area contributed by atoms with Gasteiger partial charge in [0.15, 0.2) is 12.1 Å². The molecular weight excluding hydrogens is 727 g/mol. The van der Waals surface area contributed by atoms with Gasteiger partial charge in [0.05, 0.1) is 34.4 Å². The van der Waals surface area contributed by atoms with E-state index in [1.165, 1.54) is 83.5 Å². The van der Waals surface area contributed by atoms with Gasteiger partial charge in [-0.15, -0.1) is 0 Å². The largest absolute Gasteiger partial charge is 0.477 e. The van der Waals surface area contributed by atoms with Crippen LogP contribution in [0.5, 0.6) is 0 Å². The predicted molar refractivity (Wildman–Crippen MR) is 243 cm³/mol. The highest BCUT2D eigenvalue weighted by atomic mass is 16.6. The van der Waals surface area contributed by atoms with Gasteiger partial charge in [0.2, 0.25) is 0 Å². The van der Waals surface area contributed by atoms with Gasteiger partial charge in [0, 0.05) is 19.3 Å². The molecule has 0 aliphatic carbocycles. The Balaban J connectivity index is 4.20. The number of carbonyl (C=O) groups excluding carboxylic acids is 2. The number of unbranched alkanes of at least 4 members (excludes halogenated alkanes) is 18. The van der Waals surface area contributed by atoms with Gasteiger partial charge >= 0.3 is 17.9 Å². The molecule has 0 heterocycles. The van der Waals surface area contributed by atoms with Crippen molar-refractivity contribution in [1.82, 2.24) is 0 Å². The van der Waals surface area contributed by atoms with Crippen molar-refractivity contribution in [3.05, 3.63) is 60.8 Å². The molecule has 0 amide bonds. The number of ether oxygens (including phenoxy) is 3. The number of esters is 2. The summed E-state index contributed by atoms with van der Waals surface area (Å²) >= 11 is 0. The Morgan fingerprint density at radius 1 is 0.552 bits per heavy atom. The molecule has 0 rings (SSSR count). The molecule has 0 aromatic rings. The molecule has 58 heavy (non-hydrogen) atoms. The summed E-state index contributed by atoms with van der Waals surface area (Å²) in [5.41, 5.74) is 0. The van der Waals surface area contributed by atoms with Gasteiger partial charge in [-0.1, -0.05) is 164 Å². The maximum absolute atomic E-state index is 12.7. The molecule has 0 saturated heterocycles. The Kier molecular flexibility index (Phi) is 38.7. The average molecular weight is 815 g/mol. The molecule has 2 atom stereocenters. The number of allylic oxidation sites excluding steroid dienone is 10. The number of quaternary nitrogens is 1. The van der Waals surface area contributed by atoms with Crippen molar-refractivity contribution in [1.29, 1.82) is 0 Å². The van der Waals surface area contributed by atoms with Crippen LogP contribution in [0.1, 0.15) is 187 Å². The van der Waals surface area contributed by atoms with Gasteiger partial charge in [0.1, 0.15) is 6.61 Å². The first-order chi connectivity index (χ1) is 28.1. The Labute approximate surface area is 356 Å². The van der Waals surface area contributed by atoms with Crippen molar-refractivity contribution < 1.29 is 38.2 Å². The first-order valence-corrected chi connectivity index (χ1v) is 23.3.